The third-order valence-electron chi connectivity index (χ3n) is 3.53. The number of nitrogens with one attached hydrogen (secondary N) is 1. The Hall–Kier alpha value is -0.0800. The predicted octanol–water partition coefficient (Wildman–Crippen LogP) is 2.58. The molecule has 1 saturated heterocycles. The van der Waals surface area contributed by atoms with Crippen molar-refractivity contribution in [2.24, 2.45) is 5.92 Å². The summed E-state index contributed by atoms with van der Waals surface area (Å²) in [5.74, 6) is 0.779. The average molecular weight is 199 g/mol. The molecule has 2 heteroatoms. The molecule has 14 heavy (non-hydrogen) atoms. The molecule has 0 aromatic carbocycles. The van der Waals surface area contributed by atoms with Crippen molar-refractivity contribution < 1.29 is 4.74 Å². The third kappa shape index (κ3) is 3.58. The molecule has 3 atom stereocenters. The van der Waals surface area contributed by atoms with Crippen molar-refractivity contribution in [2.45, 2.75) is 58.1 Å². The zero-order valence-corrected chi connectivity index (χ0v) is 9.88. The molecule has 1 aliphatic heterocycles. The Morgan fingerprint density at radius 3 is 2.79 bits per heavy atom. The van der Waals surface area contributed by atoms with Gasteiger partial charge < -0.3 is 10.1 Å². The Labute approximate surface area is 88.4 Å². The maximum absolute atomic E-state index is 5.63. The van der Waals surface area contributed by atoms with E-state index in [9.17, 15) is 0 Å². The van der Waals surface area contributed by atoms with Crippen LogP contribution in [-0.2, 0) is 4.74 Å². The average Bonchev–Trinajstić information content (AvgIpc) is 2.71. The molecule has 0 saturated carbocycles. The van der Waals surface area contributed by atoms with Crippen LogP contribution < -0.4 is 5.32 Å². The second-order valence-corrected chi connectivity index (χ2v) is 4.49. The first-order valence-electron chi connectivity index (χ1n) is 6.06. The molecule has 0 bridgehead atoms. The number of rotatable bonds is 6. The van der Waals surface area contributed by atoms with E-state index in [1.54, 1.807) is 0 Å². The van der Waals surface area contributed by atoms with E-state index in [2.05, 4.69) is 26.2 Å². The summed E-state index contributed by atoms with van der Waals surface area (Å²) in [6, 6.07) is 0.671. The van der Waals surface area contributed by atoms with Gasteiger partial charge in [0.2, 0.25) is 0 Å². The molecule has 1 heterocycles. The van der Waals surface area contributed by atoms with E-state index < -0.39 is 0 Å². The van der Waals surface area contributed by atoms with E-state index in [0.717, 1.165) is 12.5 Å². The summed E-state index contributed by atoms with van der Waals surface area (Å²) in [4.78, 5) is 0. The second-order valence-electron chi connectivity index (χ2n) is 4.49. The van der Waals surface area contributed by atoms with Crippen LogP contribution in [-0.4, -0.2) is 25.8 Å². The van der Waals surface area contributed by atoms with Crippen molar-refractivity contribution in [3.05, 3.63) is 0 Å². The maximum atomic E-state index is 5.63. The molecule has 84 valence electrons. The lowest BCUT2D eigenvalue weighted by atomic mass is 9.93. The smallest absolute Gasteiger partial charge is 0.0576 e. The fourth-order valence-electron chi connectivity index (χ4n) is 2.24. The van der Waals surface area contributed by atoms with Crippen LogP contribution in [0.25, 0.3) is 0 Å². The lowest BCUT2D eigenvalue weighted by molar-refractivity contribution is 0.0977. The van der Waals surface area contributed by atoms with Gasteiger partial charge >= 0.3 is 0 Å². The highest BCUT2D eigenvalue weighted by Gasteiger charge is 2.19. The van der Waals surface area contributed by atoms with Gasteiger partial charge in [-0.2, -0.15) is 0 Å². The van der Waals surface area contributed by atoms with Crippen LogP contribution in [0.3, 0.4) is 0 Å². The van der Waals surface area contributed by atoms with Crippen LogP contribution in [0.1, 0.15) is 46.0 Å². The first-order chi connectivity index (χ1) is 6.77. The fourth-order valence-corrected chi connectivity index (χ4v) is 2.24. The molecule has 0 amide bonds. The third-order valence-corrected chi connectivity index (χ3v) is 3.53. The molecule has 0 spiro atoms. The molecule has 2 nitrogen and oxygen atoms in total. The maximum Gasteiger partial charge on any atom is 0.0576 e. The van der Waals surface area contributed by atoms with Gasteiger partial charge in [0.15, 0.2) is 0 Å². The standard InChI is InChI=1S/C12H25NO/c1-4-10(2)12(13-3)8-7-11-6-5-9-14-11/h10-13H,4-9H2,1-3H3. The molecule has 3 unspecified atom stereocenters. The van der Waals surface area contributed by atoms with E-state index in [1.165, 1.54) is 32.1 Å². The van der Waals surface area contributed by atoms with Gasteiger partial charge in [0.05, 0.1) is 6.10 Å². The van der Waals surface area contributed by atoms with Crippen molar-refractivity contribution in [2.75, 3.05) is 13.7 Å². The minimum absolute atomic E-state index is 0.551. The normalized spacial score (nSPS) is 26.4. The van der Waals surface area contributed by atoms with Crippen LogP contribution >= 0.6 is 0 Å². The molecule has 1 N–H and O–H groups in total. The monoisotopic (exact) mass is 199 g/mol. The van der Waals surface area contributed by atoms with E-state index in [4.69, 9.17) is 4.74 Å². The van der Waals surface area contributed by atoms with Gasteiger partial charge in [0.25, 0.3) is 0 Å². The zero-order valence-electron chi connectivity index (χ0n) is 9.88. The molecule has 1 fully saturated rings. The fraction of sp³-hybridized carbons (Fsp3) is 1.00. The SMILES string of the molecule is CCC(C)C(CCC1CCCO1)NC. The topological polar surface area (TPSA) is 21.3 Å². The second kappa shape index (κ2) is 6.41. The van der Waals surface area contributed by atoms with Crippen molar-refractivity contribution in [1.82, 2.24) is 5.32 Å². The van der Waals surface area contributed by atoms with E-state index in [0.29, 0.717) is 12.1 Å². The molecule has 1 aliphatic rings. The summed E-state index contributed by atoms with van der Waals surface area (Å²) in [5, 5.41) is 3.42. The number of ether oxygens (including phenoxy) is 1. The van der Waals surface area contributed by atoms with Gasteiger partial charge in [0.1, 0.15) is 0 Å². The van der Waals surface area contributed by atoms with Crippen LogP contribution in [0.15, 0.2) is 0 Å². The Morgan fingerprint density at radius 1 is 1.50 bits per heavy atom. The van der Waals surface area contributed by atoms with Crippen molar-refractivity contribution in [3.63, 3.8) is 0 Å². The van der Waals surface area contributed by atoms with Gasteiger partial charge in [0, 0.05) is 12.6 Å². The van der Waals surface area contributed by atoms with Crippen LogP contribution in [0.2, 0.25) is 0 Å². The Bertz CT molecular complexity index is 143. The summed E-state index contributed by atoms with van der Waals surface area (Å²) >= 11 is 0. The highest BCUT2D eigenvalue weighted by molar-refractivity contribution is 4.74. The van der Waals surface area contributed by atoms with E-state index in [1.807, 2.05) is 0 Å². The minimum Gasteiger partial charge on any atom is -0.378 e. The molecule has 0 aliphatic carbocycles. The molecule has 1 rings (SSSR count). The minimum atomic E-state index is 0.551. The summed E-state index contributed by atoms with van der Waals surface area (Å²) in [7, 11) is 2.08. The Kier molecular flexibility index (Phi) is 5.49. The van der Waals surface area contributed by atoms with Gasteiger partial charge in [-0.05, 0) is 38.6 Å². The molecular formula is C12H25NO. The lowest BCUT2D eigenvalue weighted by Gasteiger charge is -2.23. The van der Waals surface area contributed by atoms with Crippen LogP contribution in [0.5, 0.6) is 0 Å². The summed E-state index contributed by atoms with van der Waals surface area (Å²) < 4.78 is 5.63. The highest BCUT2D eigenvalue weighted by Crippen LogP contribution is 2.20. The zero-order chi connectivity index (χ0) is 10.4. The Balaban J connectivity index is 2.19. The summed E-state index contributed by atoms with van der Waals surface area (Å²) in [6.07, 6.45) is 6.84. The van der Waals surface area contributed by atoms with Gasteiger partial charge in [-0.1, -0.05) is 20.3 Å². The van der Waals surface area contributed by atoms with Crippen LogP contribution in [0.4, 0.5) is 0 Å². The highest BCUT2D eigenvalue weighted by atomic mass is 16.5. The van der Waals surface area contributed by atoms with Crippen LogP contribution in [0, 0.1) is 5.92 Å². The summed E-state index contributed by atoms with van der Waals surface area (Å²) in [5.41, 5.74) is 0. The molecule has 0 aromatic heterocycles. The largest absolute Gasteiger partial charge is 0.378 e. The van der Waals surface area contributed by atoms with Gasteiger partial charge in [-0.3, -0.25) is 0 Å². The van der Waals surface area contributed by atoms with Gasteiger partial charge in [-0.15, -0.1) is 0 Å². The quantitative estimate of drug-likeness (QED) is 0.710. The van der Waals surface area contributed by atoms with E-state index in [-0.39, 0.29) is 0 Å². The van der Waals surface area contributed by atoms with Gasteiger partial charge in [-0.25, -0.2) is 0 Å². The molecular weight excluding hydrogens is 174 g/mol. The van der Waals surface area contributed by atoms with E-state index >= 15 is 0 Å². The first kappa shape index (κ1) is 12.0. The lowest BCUT2D eigenvalue weighted by Crippen LogP contribution is -2.32. The molecule has 0 aromatic rings. The van der Waals surface area contributed by atoms with Crippen molar-refractivity contribution in [1.29, 1.82) is 0 Å². The Morgan fingerprint density at radius 2 is 2.29 bits per heavy atom. The van der Waals surface area contributed by atoms with Crippen molar-refractivity contribution >= 4 is 0 Å². The first-order valence-corrected chi connectivity index (χ1v) is 6.06. The molecule has 0 radical (unpaired) electrons. The number of hydrogen-bond donors (Lipinski definition) is 1. The predicted molar refractivity (Wildman–Crippen MR) is 60.5 cm³/mol. The summed E-state index contributed by atoms with van der Waals surface area (Å²) in [6.45, 7) is 5.58. The van der Waals surface area contributed by atoms with Crippen molar-refractivity contribution in [3.8, 4) is 0 Å². The number of hydrogen-bond acceptors (Lipinski definition) is 2.